The average molecular weight is 435 g/mol. The third-order valence-electron chi connectivity index (χ3n) is 5.57. The van der Waals surface area contributed by atoms with Crippen molar-refractivity contribution in [2.75, 3.05) is 25.0 Å². The van der Waals surface area contributed by atoms with Gasteiger partial charge in [-0.05, 0) is 41.3 Å². The highest BCUT2D eigenvalue weighted by Crippen LogP contribution is 2.24. The normalized spacial score (nSPS) is 14.2. The van der Waals surface area contributed by atoms with Gasteiger partial charge in [0.05, 0.1) is 12.2 Å². The molecule has 1 aliphatic rings. The summed E-state index contributed by atoms with van der Waals surface area (Å²) in [6.45, 7) is 2.50. The summed E-state index contributed by atoms with van der Waals surface area (Å²) in [6, 6.07) is 17.9. The van der Waals surface area contributed by atoms with Gasteiger partial charge in [-0.25, -0.2) is 9.38 Å². The number of rotatable bonds is 7. The molecule has 3 aromatic rings. The molecule has 4 rings (SSSR count). The molecule has 166 valence electrons. The van der Waals surface area contributed by atoms with Gasteiger partial charge in [-0.3, -0.25) is 4.79 Å². The lowest BCUT2D eigenvalue weighted by Crippen LogP contribution is -2.34. The summed E-state index contributed by atoms with van der Waals surface area (Å²) in [6.07, 6.45) is 2.31. The number of hydrogen-bond donors (Lipinski definition) is 3. The van der Waals surface area contributed by atoms with Crippen LogP contribution in [0, 0.1) is 5.82 Å². The van der Waals surface area contributed by atoms with E-state index in [1.54, 1.807) is 0 Å². The summed E-state index contributed by atoms with van der Waals surface area (Å²) in [7, 11) is 0. The number of hydrogen-bond acceptors (Lipinski definition) is 3. The van der Waals surface area contributed by atoms with Crippen molar-refractivity contribution in [1.29, 1.82) is 0 Å². The van der Waals surface area contributed by atoms with Crippen molar-refractivity contribution < 1.29 is 14.3 Å². The summed E-state index contributed by atoms with van der Waals surface area (Å²) < 4.78 is 13.7. The molecular formula is C25H27FN4O2. The van der Waals surface area contributed by atoms with Crippen molar-refractivity contribution >= 4 is 28.3 Å². The molecule has 0 aromatic heterocycles. The standard InChI is InChI=1S/C25H27FN4O2/c26-20-11-12-23(31)22(16-20)29-25(27-13-5-15-30-14-4-10-24(30)32)28-17-19-8-3-7-18-6-1-2-9-21(18)19/h1-3,6-9,11-12,16,31H,4-5,10,13-15,17H2,(H2,27,28,29). The zero-order chi connectivity index (χ0) is 22.3. The van der Waals surface area contributed by atoms with E-state index < -0.39 is 5.82 Å². The zero-order valence-electron chi connectivity index (χ0n) is 17.9. The number of carbonyl (C=O) groups is 1. The van der Waals surface area contributed by atoms with Gasteiger partial charge >= 0.3 is 0 Å². The van der Waals surface area contributed by atoms with Gasteiger partial charge in [-0.15, -0.1) is 0 Å². The van der Waals surface area contributed by atoms with Gasteiger partial charge in [0.25, 0.3) is 0 Å². The van der Waals surface area contributed by atoms with Gasteiger partial charge in [0.1, 0.15) is 11.6 Å². The van der Waals surface area contributed by atoms with E-state index in [0.717, 1.165) is 35.7 Å². The van der Waals surface area contributed by atoms with E-state index in [2.05, 4.69) is 33.8 Å². The number of likely N-dealkylation sites (tertiary alicyclic amines) is 1. The SMILES string of the molecule is O=C1CCCN1CCCNC(=NCc1cccc2ccccc12)Nc1cc(F)ccc1O. The first-order valence-corrected chi connectivity index (χ1v) is 10.9. The lowest BCUT2D eigenvalue weighted by atomic mass is 10.1. The quantitative estimate of drug-likeness (QED) is 0.225. The van der Waals surface area contributed by atoms with Crippen molar-refractivity contribution in [2.24, 2.45) is 4.99 Å². The lowest BCUT2D eigenvalue weighted by molar-refractivity contribution is -0.127. The van der Waals surface area contributed by atoms with Crippen LogP contribution < -0.4 is 10.6 Å². The number of aromatic hydroxyl groups is 1. The molecule has 32 heavy (non-hydrogen) atoms. The van der Waals surface area contributed by atoms with Crippen LogP contribution in [0.2, 0.25) is 0 Å². The maximum atomic E-state index is 13.7. The van der Waals surface area contributed by atoms with E-state index in [9.17, 15) is 14.3 Å². The number of carbonyl (C=O) groups excluding carboxylic acids is 1. The number of guanidine groups is 1. The smallest absolute Gasteiger partial charge is 0.222 e. The van der Waals surface area contributed by atoms with Crippen LogP contribution in [0.3, 0.4) is 0 Å². The summed E-state index contributed by atoms with van der Waals surface area (Å²) in [4.78, 5) is 18.3. The van der Waals surface area contributed by atoms with Crippen LogP contribution >= 0.6 is 0 Å². The van der Waals surface area contributed by atoms with E-state index >= 15 is 0 Å². The van der Waals surface area contributed by atoms with Crippen molar-refractivity contribution in [2.45, 2.75) is 25.8 Å². The number of nitrogens with one attached hydrogen (secondary N) is 2. The molecule has 0 radical (unpaired) electrons. The van der Waals surface area contributed by atoms with Crippen molar-refractivity contribution in [3.63, 3.8) is 0 Å². The number of phenolic OH excluding ortho intramolecular Hbond substituents is 1. The summed E-state index contributed by atoms with van der Waals surface area (Å²) >= 11 is 0. The number of fused-ring (bicyclic) bond motifs is 1. The van der Waals surface area contributed by atoms with Gasteiger partial charge in [0, 0.05) is 32.1 Å². The van der Waals surface area contributed by atoms with Crippen LogP contribution in [0.5, 0.6) is 5.75 Å². The molecule has 0 saturated carbocycles. The minimum Gasteiger partial charge on any atom is -0.506 e. The highest BCUT2D eigenvalue weighted by atomic mass is 19.1. The molecule has 0 unspecified atom stereocenters. The monoisotopic (exact) mass is 434 g/mol. The molecule has 1 saturated heterocycles. The number of aliphatic imine (C=N–C) groups is 1. The topological polar surface area (TPSA) is 77.0 Å². The van der Waals surface area contributed by atoms with E-state index in [1.165, 1.54) is 18.2 Å². The first-order chi connectivity index (χ1) is 15.6. The Morgan fingerprint density at radius 1 is 1.12 bits per heavy atom. The molecule has 0 spiro atoms. The maximum Gasteiger partial charge on any atom is 0.222 e. The van der Waals surface area contributed by atoms with Crippen molar-refractivity contribution in [3.8, 4) is 5.75 Å². The second-order valence-electron chi connectivity index (χ2n) is 7.85. The Hall–Kier alpha value is -3.61. The Morgan fingerprint density at radius 3 is 2.81 bits per heavy atom. The van der Waals surface area contributed by atoms with Gasteiger partial charge in [-0.2, -0.15) is 0 Å². The number of halogens is 1. The molecule has 1 fully saturated rings. The van der Waals surface area contributed by atoms with Crippen molar-refractivity contribution in [3.05, 3.63) is 72.0 Å². The molecular weight excluding hydrogens is 407 g/mol. The van der Waals surface area contributed by atoms with Crippen LogP contribution in [0.15, 0.2) is 65.7 Å². The van der Waals surface area contributed by atoms with E-state index in [1.807, 2.05) is 29.2 Å². The molecule has 7 heteroatoms. The highest BCUT2D eigenvalue weighted by Gasteiger charge is 2.19. The van der Waals surface area contributed by atoms with Crippen LogP contribution in [0.4, 0.5) is 10.1 Å². The fourth-order valence-electron chi connectivity index (χ4n) is 3.89. The summed E-state index contributed by atoms with van der Waals surface area (Å²) in [5.74, 6) is 0.129. The molecule has 1 aliphatic heterocycles. The average Bonchev–Trinajstić information content (AvgIpc) is 3.21. The molecule has 1 amide bonds. The van der Waals surface area contributed by atoms with Crippen LogP contribution in [0.25, 0.3) is 10.8 Å². The molecule has 0 aliphatic carbocycles. The fourth-order valence-corrected chi connectivity index (χ4v) is 3.89. The van der Waals surface area contributed by atoms with Crippen LogP contribution in [-0.4, -0.2) is 41.5 Å². The number of benzene rings is 3. The fraction of sp³-hybridized carbons (Fsp3) is 0.280. The Labute approximate surface area is 186 Å². The number of anilines is 1. The predicted molar refractivity (Wildman–Crippen MR) is 125 cm³/mol. The second-order valence-corrected chi connectivity index (χ2v) is 7.85. The van der Waals surface area contributed by atoms with E-state index in [0.29, 0.717) is 32.0 Å². The Kier molecular flexibility index (Phi) is 6.84. The van der Waals surface area contributed by atoms with Crippen LogP contribution in [-0.2, 0) is 11.3 Å². The molecule has 0 bridgehead atoms. The third kappa shape index (κ3) is 5.35. The molecule has 3 aromatic carbocycles. The molecule has 1 heterocycles. The Morgan fingerprint density at radius 2 is 1.97 bits per heavy atom. The number of phenols is 1. The third-order valence-corrected chi connectivity index (χ3v) is 5.57. The molecule has 0 atom stereocenters. The number of nitrogens with zero attached hydrogens (tertiary/aromatic N) is 2. The zero-order valence-corrected chi connectivity index (χ0v) is 17.9. The van der Waals surface area contributed by atoms with Crippen LogP contribution in [0.1, 0.15) is 24.8 Å². The van der Waals surface area contributed by atoms with Gasteiger partial charge in [0.2, 0.25) is 5.91 Å². The maximum absolute atomic E-state index is 13.7. The second kappa shape index (κ2) is 10.1. The van der Waals surface area contributed by atoms with Gasteiger partial charge in [-0.1, -0.05) is 42.5 Å². The van der Waals surface area contributed by atoms with Gasteiger partial charge in [0.15, 0.2) is 5.96 Å². The highest BCUT2D eigenvalue weighted by molar-refractivity contribution is 5.95. The summed E-state index contributed by atoms with van der Waals surface area (Å²) in [5, 5.41) is 18.6. The molecule has 3 N–H and O–H groups in total. The largest absolute Gasteiger partial charge is 0.506 e. The number of amides is 1. The summed E-state index contributed by atoms with van der Waals surface area (Å²) in [5.41, 5.74) is 1.30. The van der Waals surface area contributed by atoms with Crippen molar-refractivity contribution in [1.82, 2.24) is 10.2 Å². The van der Waals surface area contributed by atoms with E-state index in [4.69, 9.17) is 0 Å². The van der Waals surface area contributed by atoms with E-state index in [-0.39, 0.29) is 17.3 Å². The lowest BCUT2D eigenvalue weighted by Gasteiger charge is -2.17. The predicted octanol–water partition coefficient (Wildman–Crippen LogP) is 4.25. The Bertz CT molecular complexity index is 1130. The van der Waals surface area contributed by atoms with Gasteiger partial charge < -0.3 is 20.6 Å². The minimum atomic E-state index is -0.453. The Balaban J connectivity index is 1.48. The first kappa shape index (κ1) is 21.6. The first-order valence-electron chi connectivity index (χ1n) is 10.9. The minimum absolute atomic E-state index is 0.0614. The molecule has 6 nitrogen and oxygen atoms in total.